The van der Waals surface area contributed by atoms with Crippen molar-refractivity contribution in [3.8, 4) is 0 Å². The van der Waals surface area contributed by atoms with E-state index in [-0.39, 0.29) is 36.1 Å². The van der Waals surface area contributed by atoms with Gasteiger partial charge in [-0.2, -0.15) is 0 Å². The number of nitrogens with one attached hydrogen (secondary N) is 1. The van der Waals surface area contributed by atoms with Gasteiger partial charge in [-0.1, -0.05) is 13.8 Å². The van der Waals surface area contributed by atoms with Crippen molar-refractivity contribution in [3.63, 3.8) is 0 Å². The summed E-state index contributed by atoms with van der Waals surface area (Å²) >= 11 is 0. The first kappa shape index (κ1) is 15.8. The predicted molar refractivity (Wildman–Crippen MR) is 76.4 cm³/mol. The molecule has 2 N–H and O–H groups in total. The zero-order valence-corrected chi connectivity index (χ0v) is 12.7. The summed E-state index contributed by atoms with van der Waals surface area (Å²) in [6.45, 7) is 5.27. The second kappa shape index (κ2) is 6.45. The number of rotatable bonds is 5. The highest BCUT2D eigenvalue weighted by molar-refractivity contribution is 5.89. The number of aliphatic carboxylic acids is 1. The van der Waals surface area contributed by atoms with Crippen LogP contribution in [0.15, 0.2) is 0 Å². The van der Waals surface area contributed by atoms with Crippen LogP contribution in [0.5, 0.6) is 0 Å². The highest BCUT2D eigenvalue weighted by atomic mass is 16.4. The number of hydrogen-bond acceptors (Lipinski definition) is 3. The Morgan fingerprint density at radius 1 is 1.33 bits per heavy atom. The van der Waals surface area contributed by atoms with Crippen molar-refractivity contribution >= 4 is 17.8 Å². The van der Waals surface area contributed by atoms with Gasteiger partial charge in [0.2, 0.25) is 11.8 Å². The third-order valence-electron chi connectivity index (χ3n) is 4.30. The maximum Gasteiger partial charge on any atom is 0.306 e. The Morgan fingerprint density at radius 2 is 2.05 bits per heavy atom. The Kier molecular flexibility index (Phi) is 4.85. The molecule has 3 unspecified atom stereocenters. The van der Waals surface area contributed by atoms with Gasteiger partial charge in [0.15, 0.2) is 0 Å². The first-order valence-corrected chi connectivity index (χ1v) is 7.67. The van der Waals surface area contributed by atoms with Crippen LogP contribution in [0.1, 0.15) is 39.5 Å². The summed E-state index contributed by atoms with van der Waals surface area (Å²) in [6, 6.07) is -0.0622. The minimum atomic E-state index is -0.786. The summed E-state index contributed by atoms with van der Waals surface area (Å²) in [5.41, 5.74) is 0. The number of hydrogen-bond donors (Lipinski definition) is 2. The maximum atomic E-state index is 12.2. The molecule has 1 heterocycles. The lowest BCUT2D eigenvalue weighted by Crippen LogP contribution is -2.39. The van der Waals surface area contributed by atoms with Gasteiger partial charge in [-0.25, -0.2) is 0 Å². The van der Waals surface area contributed by atoms with E-state index in [0.717, 1.165) is 0 Å². The van der Waals surface area contributed by atoms with E-state index >= 15 is 0 Å². The van der Waals surface area contributed by atoms with Gasteiger partial charge in [0.05, 0.1) is 11.8 Å². The molecule has 3 atom stereocenters. The van der Waals surface area contributed by atoms with Crippen molar-refractivity contribution in [1.82, 2.24) is 10.2 Å². The summed E-state index contributed by atoms with van der Waals surface area (Å²) in [4.78, 5) is 36.8. The zero-order valence-electron chi connectivity index (χ0n) is 12.7. The number of carboxylic acids is 1. The van der Waals surface area contributed by atoms with Crippen LogP contribution in [0, 0.1) is 17.8 Å². The molecule has 6 nitrogen and oxygen atoms in total. The number of likely N-dealkylation sites (tertiary alicyclic amines) is 1. The molecule has 0 bridgehead atoms. The molecule has 0 aromatic carbocycles. The smallest absolute Gasteiger partial charge is 0.306 e. The lowest BCUT2D eigenvalue weighted by molar-refractivity contribution is -0.141. The molecule has 1 saturated heterocycles. The Hall–Kier alpha value is -1.59. The van der Waals surface area contributed by atoms with E-state index < -0.39 is 5.97 Å². The van der Waals surface area contributed by atoms with Gasteiger partial charge >= 0.3 is 5.97 Å². The van der Waals surface area contributed by atoms with E-state index in [4.69, 9.17) is 5.11 Å². The molecule has 2 rings (SSSR count). The largest absolute Gasteiger partial charge is 0.481 e. The van der Waals surface area contributed by atoms with Gasteiger partial charge < -0.3 is 15.3 Å². The van der Waals surface area contributed by atoms with Crippen LogP contribution in [0.25, 0.3) is 0 Å². The summed E-state index contributed by atoms with van der Waals surface area (Å²) < 4.78 is 0. The zero-order chi connectivity index (χ0) is 15.6. The third-order valence-corrected chi connectivity index (χ3v) is 4.30. The average Bonchev–Trinajstić information content (AvgIpc) is 2.97. The Balaban J connectivity index is 1.82. The fraction of sp³-hybridized carbons (Fsp3) is 0.800. The molecular formula is C15H24N2O4. The number of carbonyl (C=O) groups excluding carboxylic acids is 2. The Bertz CT molecular complexity index is 435. The lowest BCUT2D eigenvalue weighted by atomic mass is 10.1. The Labute approximate surface area is 124 Å². The summed E-state index contributed by atoms with van der Waals surface area (Å²) in [5, 5.41) is 11.9. The van der Waals surface area contributed by atoms with Crippen LogP contribution in [0.4, 0.5) is 0 Å². The minimum absolute atomic E-state index is 0.0404. The van der Waals surface area contributed by atoms with Crippen molar-refractivity contribution in [2.24, 2.45) is 17.8 Å². The molecule has 1 aliphatic heterocycles. The molecule has 0 spiro atoms. The SMILES string of the molecule is CC(C)CN1CC(C(=O)NC2CCC(C(=O)O)C2)CC1=O. The van der Waals surface area contributed by atoms with E-state index in [1.54, 1.807) is 4.90 Å². The highest BCUT2D eigenvalue weighted by Crippen LogP contribution is 2.27. The van der Waals surface area contributed by atoms with Gasteiger partial charge in [-0.3, -0.25) is 14.4 Å². The number of carbonyl (C=O) groups is 3. The van der Waals surface area contributed by atoms with Crippen molar-refractivity contribution < 1.29 is 19.5 Å². The molecule has 2 amide bonds. The lowest BCUT2D eigenvalue weighted by Gasteiger charge is -2.19. The number of nitrogens with zero attached hydrogens (tertiary/aromatic N) is 1. The van der Waals surface area contributed by atoms with Crippen LogP contribution in [0.3, 0.4) is 0 Å². The number of amides is 2. The van der Waals surface area contributed by atoms with Crippen molar-refractivity contribution in [2.45, 2.75) is 45.6 Å². The first-order chi connectivity index (χ1) is 9.86. The second-order valence-corrected chi connectivity index (χ2v) is 6.65. The molecule has 0 aromatic heterocycles. The minimum Gasteiger partial charge on any atom is -0.481 e. The normalized spacial score (nSPS) is 29.2. The summed E-state index contributed by atoms with van der Waals surface area (Å²) in [6.07, 6.45) is 2.09. The molecule has 1 aliphatic carbocycles. The maximum absolute atomic E-state index is 12.2. The van der Waals surface area contributed by atoms with Crippen LogP contribution in [-0.4, -0.2) is 46.9 Å². The number of carboxylic acid groups (broad SMARTS) is 1. The monoisotopic (exact) mass is 296 g/mol. The van der Waals surface area contributed by atoms with Crippen molar-refractivity contribution in [2.75, 3.05) is 13.1 Å². The van der Waals surface area contributed by atoms with Crippen LogP contribution < -0.4 is 5.32 Å². The van der Waals surface area contributed by atoms with Crippen molar-refractivity contribution in [3.05, 3.63) is 0 Å². The third kappa shape index (κ3) is 3.95. The standard InChI is InChI=1S/C15H24N2O4/c1-9(2)7-17-8-11(6-13(17)18)14(19)16-12-4-3-10(5-12)15(20)21/h9-12H,3-8H2,1-2H3,(H,16,19)(H,20,21). The van der Waals surface area contributed by atoms with Crippen LogP contribution in [0.2, 0.25) is 0 Å². The highest BCUT2D eigenvalue weighted by Gasteiger charge is 2.37. The molecular weight excluding hydrogens is 272 g/mol. The molecule has 2 fully saturated rings. The van der Waals surface area contributed by atoms with E-state index in [1.807, 2.05) is 13.8 Å². The molecule has 6 heteroatoms. The van der Waals surface area contributed by atoms with E-state index in [0.29, 0.717) is 38.3 Å². The van der Waals surface area contributed by atoms with Crippen molar-refractivity contribution in [1.29, 1.82) is 0 Å². The topological polar surface area (TPSA) is 86.7 Å². The first-order valence-electron chi connectivity index (χ1n) is 7.67. The average molecular weight is 296 g/mol. The molecule has 21 heavy (non-hydrogen) atoms. The van der Waals surface area contributed by atoms with Gasteiger partial charge in [-0.05, 0) is 25.2 Å². The molecule has 118 valence electrons. The predicted octanol–water partition coefficient (Wildman–Crippen LogP) is 0.860. The fourth-order valence-corrected chi connectivity index (χ4v) is 3.22. The van der Waals surface area contributed by atoms with E-state index in [9.17, 15) is 14.4 Å². The molecule has 1 saturated carbocycles. The van der Waals surface area contributed by atoms with Crippen LogP contribution in [-0.2, 0) is 14.4 Å². The quantitative estimate of drug-likeness (QED) is 0.788. The van der Waals surface area contributed by atoms with Gasteiger partial charge in [-0.15, -0.1) is 0 Å². The van der Waals surface area contributed by atoms with E-state index in [2.05, 4.69) is 5.32 Å². The Morgan fingerprint density at radius 3 is 2.62 bits per heavy atom. The van der Waals surface area contributed by atoms with Crippen LogP contribution >= 0.6 is 0 Å². The van der Waals surface area contributed by atoms with Gasteiger partial charge in [0.25, 0.3) is 0 Å². The molecule has 2 aliphatic rings. The second-order valence-electron chi connectivity index (χ2n) is 6.65. The van der Waals surface area contributed by atoms with Gasteiger partial charge in [0, 0.05) is 25.6 Å². The van der Waals surface area contributed by atoms with E-state index in [1.165, 1.54) is 0 Å². The molecule has 0 radical (unpaired) electrons. The summed E-state index contributed by atoms with van der Waals surface area (Å²) in [5.74, 6) is -1.10. The molecule has 0 aromatic rings. The fourth-order valence-electron chi connectivity index (χ4n) is 3.22. The van der Waals surface area contributed by atoms with Gasteiger partial charge in [0.1, 0.15) is 0 Å². The summed E-state index contributed by atoms with van der Waals surface area (Å²) in [7, 11) is 0.